The number of aliphatic imine (C=N–C) groups is 1. The maximum Gasteiger partial charge on any atom is 0.255 e. The third-order valence-electron chi connectivity index (χ3n) is 6.00. The summed E-state index contributed by atoms with van der Waals surface area (Å²) in [6.07, 6.45) is 2.26. The number of benzene rings is 4. The maximum atomic E-state index is 12.6. The van der Waals surface area contributed by atoms with E-state index < -0.39 is 0 Å². The molecule has 4 aromatic carbocycles. The molecule has 37 heavy (non-hydrogen) atoms. The Hall–Kier alpha value is -3.41. The molecule has 0 bridgehead atoms. The van der Waals surface area contributed by atoms with Gasteiger partial charge in [0.15, 0.2) is 0 Å². The van der Waals surface area contributed by atoms with Gasteiger partial charge < -0.3 is 10.4 Å². The van der Waals surface area contributed by atoms with Crippen molar-refractivity contribution in [3.63, 3.8) is 0 Å². The molecule has 0 aliphatic carbocycles. The van der Waals surface area contributed by atoms with Crippen LogP contribution in [0.15, 0.2) is 94.4 Å². The lowest BCUT2D eigenvalue weighted by Gasteiger charge is -2.19. The Morgan fingerprint density at radius 3 is 2.32 bits per heavy atom. The number of aromatic hydroxyl groups is 1. The molecule has 0 saturated carbocycles. The van der Waals surface area contributed by atoms with Gasteiger partial charge in [0.1, 0.15) is 5.75 Å². The van der Waals surface area contributed by atoms with Crippen LogP contribution in [0.4, 0.5) is 11.4 Å². The molecule has 2 N–H and O–H groups in total. The van der Waals surface area contributed by atoms with Gasteiger partial charge >= 0.3 is 0 Å². The number of hydrogen-bond donors (Lipinski definition) is 2. The Kier molecular flexibility index (Phi) is 8.16. The van der Waals surface area contributed by atoms with Gasteiger partial charge in [-0.2, -0.15) is 0 Å². The van der Waals surface area contributed by atoms with Crippen molar-refractivity contribution in [1.82, 2.24) is 0 Å². The quantitative estimate of drug-likeness (QED) is 0.226. The topological polar surface area (TPSA) is 61.7 Å². The SMILES string of the molecule is CC(C)(C)c1ccc(C(=O)Nc2ccc(N=Cc3cc(Cc4ccccc4Cl)cc(Br)c3O)cc2)cc1. The standard InChI is InChI=1S/C31H28BrClN2O2/c1-31(2,3)24-10-8-21(9-11-24)30(37)35-26-14-12-25(13-15-26)34-19-23-17-20(18-27(32)29(23)36)16-22-6-4-5-7-28(22)33/h4-15,17-19,36H,16H2,1-3H3,(H,35,37). The highest BCUT2D eigenvalue weighted by atomic mass is 79.9. The van der Waals surface area contributed by atoms with Crippen LogP contribution < -0.4 is 5.32 Å². The Balaban J connectivity index is 1.45. The first kappa shape index (κ1) is 26.6. The summed E-state index contributed by atoms with van der Waals surface area (Å²) >= 11 is 9.75. The maximum absolute atomic E-state index is 12.6. The van der Waals surface area contributed by atoms with Crippen LogP contribution in [0.1, 0.15) is 53.4 Å². The molecule has 0 spiro atoms. The summed E-state index contributed by atoms with van der Waals surface area (Å²) in [5.74, 6) is -0.0464. The van der Waals surface area contributed by atoms with Gasteiger partial charge in [-0.3, -0.25) is 9.79 Å². The number of nitrogens with zero attached hydrogens (tertiary/aromatic N) is 1. The number of amides is 1. The number of rotatable bonds is 6. The van der Waals surface area contributed by atoms with E-state index in [1.54, 1.807) is 18.3 Å². The van der Waals surface area contributed by atoms with E-state index in [1.807, 2.05) is 72.8 Å². The van der Waals surface area contributed by atoms with Gasteiger partial charge in [-0.1, -0.05) is 62.7 Å². The first-order valence-electron chi connectivity index (χ1n) is 11.9. The van der Waals surface area contributed by atoms with Crippen LogP contribution in [-0.2, 0) is 11.8 Å². The lowest BCUT2D eigenvalue weighted by molar-refractivity contribution is 0.102. The van der Waals surface area contributed by atoms with Crippen molar-refractivity contribution in [2.45, 2.75) is 32.6 Å². The number of nitrogens with one attached hydrogen (secondary N) is 1. The van der Waals surface area contributed by atoms with Crippen molar-refractivity contribution < 1.29 is 9.90 Å². The molecule has 6 heteroatoms. The number of halogens is 2. The van der Waals surface area contributed by atoms with E-state index in [2.05, 4.69) is 47.0 Å². The van der Waals surface area contributed by atoms with Crippen LogP contribution >= 0.6 is 27.5 Å². The molecule has 0 atom stereocenters. The number of carbonyl (C=O) groups is 1. The fourth-order valence-electron chi connectivity index (χ4n) is 3.84. The second kappa shape index (κ2) is 11.3. The molecule has 4 rings (SSSR count). The van der Waals surface area contributed by atoms with Crippen LogP contribution in [0.2, 0.25) is 5.02 Å². The van der Waals surface area contributed by atoms with Crippen molar-refractivity contribution in [1.29, 1.82) is 0 Å². The monoisotopic (exact) mass is 574 g/mol. The van der Waals surface area contributed by atoms with Crippen LogP contribution in [0.3, 0.4) is 0 Å². The molecule has 0 fully saturated rings. The first-order chi connectivity index (χ1) is 17.6. The van der Waals surface area contributed by atoms with Crippen LogP contribution in [-0.4, -0.2) is 17.2 Å². The lowest BCUT2D eigenvalue weighted by atomic mass is 9.87. The molecular formula is C31H28BrClN2O2. The number of hydrogen-bond acceptors (Lipinski definition) is 3. The molecule has 188 valence electrons. The average molecular weight is 576 g/mol. The lowest BCUT2D eigenvalue weighted by Crippen LogP contribution is -2.14. The summed E-state index contributed by atoms with van der Waals surface area (Å²) in [4.78, 5) is 17.2. The van der Waals surface area contributed by atoms with Crippen molar-refractivity contribution in [3.05, 3.63) is 122 Å². The van der Waals surface area contributed by atoms with Crippen molar-refractivity contribution >= 4 is 51.0 Å². The number of anilines is 1. The zero-order valence-electron chi connectivity index (χ0n) is 20.9. The Bertz CT molecular complexity index is 1440. The zero-order valence-corrected chi connectivity index (χ0v) is 23.3. The van der Waals surface area contributed by atoms with E-state index in [9.17, 15) is 9.90 Å². The van der Waals surface area contributed by atoms with Crippen LogP contribution in [0, 0.1) is 0 Å². The Morgan fingerprint density at radius 2 is 1.68 bits per heavy atom. The molecule has 0 unspecified atom stereocenters. The summed E-state index contributed by atoms with van der Waals surface area (Å²) < 4.78 is 0.590. The van der Waals surface area contributed by atoms with E-state index in [0.29, 0.717) is 38.4 Å². The molecule has 1 amide bonds. The summed E-state index contributed by atoms with van der Waals surface area (Å²) in [5, 5.41) is 14.1. The first-order valence-corrected chi connectivity index (χ1v) is 13.1. The average Bonchev–Trinajstić information content (AvgIpc) is 2.87. The van der Waals surface area contributed by atoms with E-state index in [-0.39, 0.29) is 17.1 Å². The largest absolute Gasteiger partial charge is 0.506 e. The highest BCUT2D eigenvalue weighted by Gasteiger charge is 2.14. The summed E-state index contributed by atoms with van der Waals surface area (Å²) in [7, 11) is 0. The molecular weight excluding hydrogens is 548 g/mol. The zero-order chi connectivity index (χ0) is 26.6. The molecule has 4 aromatic rings. The highest BCUT2D eigenvalue weighted by molar-refractivity contribution is 9.10. The third-order valence-corrected chi connectivity index (χ3v) is 6.97. The summed E-state index contributed by atoms with van der Waals surface area (Å²) in [6.45, 7) is 6.43. The highest BCUT2D eigenvalue weighted by Crippen LogP contribution is 2.31. The summed E-state index contributed by atoms with van der Waals surface area (Å²) in [5.41, 5.74) is 5.78. The van der Waals surface area contributed by atoms with E-state index in [1.165, 1.54) is 5.56 Å². The van der Waals surface area contributed by atoms with Gasteiger partial charge in [0.25, 0.3) is 5.91 Å². The number of phenols is 1. The minimum absolute atomic E-state index is 0.0369. The van der Waals surface area contributed by atoms with Gasteiger partial charge in [0, 0.05) is 28.1 Å². The van der Waals surface area contributed by atoms with Gasteiger partial charge in [0.05, 0.1) is 10.2 Å². The molecule has 0 heterocycles. The second-order valence-electron chi connectivity index (χ2n) is 9.87. The van der Waals surface area contributed by atoms with E-state index in [0.717, 1.165) is 11.1 Å². The smallest absolute Gasteiger partial charge is 0.255 e. The van der Waals surface area contributed by atoms with Crippen molar-refractivity contribution in [2.75, 3.05) is 5.32 Å². The fourth-order valence-corrected chi connectivity index (χ4v) is 4.57. The Morgan fingerprint density at radius 1 is 1.00 bits per heavy atom. The molecule has 0 aliphatic rings. The van der Waals surface area contributed by atoms with Crippen molar-refractivity contribution in [2.24, 2.45) is 4.99 Å². The predicted molar refractivity (Wildman–Crippen MR) is 157 cm³/mol. The minimum Gasteiger partial charge on any atom is -0.506 e. The normalized spacial score (nSPS) is 11.6. The minimum atomic E-state index is -0.165. The van der Waals surface area contributed by atoms with Crippen molar-refractivity contribution in [3.8, 4) is 5.75 Å². The number of phenolic OH excluding ortho intramolecular Hbond substituents is 1. The van der Waals surface area contributed by atoms with Crippen LogP contribution in [0.25, 0.3) is 0 Å². The third kappa shape index (κ3) is 6.88. The summed E-state index contributed by atoms with van der Waals surface area (Å²) in [6, 6.07) is 26.4. The molecule has 0 aliphatic heterocycles. The van der Waals surface area contributed by atoms with Gasteiger partial charge in [-0.05, 0) is 99.1 Å². The molecule has 0 saturated heterocycles. The molecule has 4 nitrogen and oxygen atoms in total. The van der Waals surface area contributed by atoms with Crippen LogP contribution in [0.5, 0.6) is 5.75 Å². The second-order valence-corrected chi connectivity index (χ2v) is 11.1. The predicted octanol–water partition coefficient (Wildman–Crippen LogP) is 8.70. The molecule has 0 aromatic heterocycles. The Labute approximate surface area is 231 Å². The van der Waals surface area contributed by atoms with E-state index in [4.69, 9.17) is 11.6 Å². The number of carbonyl (C=O) groups excluding carboxylic acids is 1. The molecule has 0 radical (unpaired) electrons. The van der Waals surface area contributed by atoms with Gasteiger partial charge in [-0.25, -0.2) is 0 Å². The van der Waals surface area contributed by atoms with E-state index >= 15 is 0 Å². The van der Waals surface area contributed by atoms with Gasteiger partial charge in [-0.15, -0.1) is 0 Å². The van der Waals surface area contributed by atoms with Gasteiger partial charge in [0.2, 0.25) is 0 Å². The fraction of sp³-hybridized carbons (Fsp3) is 0.161.